The van der Waals surface area contributed by atoms with Gasteiger partial charge in [-0.15, -0.1) is 0 Å². The zero-order valence-corrected chi connectivity index (χ0v) is 19.0. The van der Waals surface area contributed by atoms with Gasteiger partial charge >= 0.3 is 0 Å². The van der Waals surface area contributed by atoms with E-state index in [0.717, 1.165) is 48.0 Å². The molecule has 0 bridgehead atoms. The Morgan fingerprint density at radius 1 is 0.464 bits per heavy atom. The zero-order valence-electron chi connectivity index (χ0n) is 19.0. The van der Waals surface area contributed by atoms with Gasteiger partial charge < -0.3 is 4.74 Å². The summed E-state index contributed by atoms with van der Waals surface area (Å²) in [5, 5.41) is 0. The maximum atomic E-state index is 6.47. The summed E-state index contributed by atoms with van der Waals surface area (Å²) in [5.74, 6) is 7.06. The largest absolute Gasteiger partial charge is 0.378 e. The molecule has 0 atom stereocenters. The fourth-order valence-electron chi connectivity index (χ4n) is 7.34. The summed E-state index contributed by atoms with van der Waals surface area (Å²) < 4.78 is 6.47. The molecule has 0 amide bonds. The second kappa shape index (κ2) is 10.3. The second-order valence-corrected chi connectivity index (χ2v) is 11.7. The highest BCUT2D eigenvalue weighted by Crippen LogP contribution is 2.42. The average molecular weight is 389 g/mol. The normalized spacial score (nSPS) is 45.6. The van der Waals surface area contributed by atoms with E-state index in [4.69, 9.17) is 4.74 Å². The summed E-state index contributed by atoms with van der Waals surface area (Å²) in [6.07, 6.45) is 24.2. The van der Waals surface area contributed by atoms with Gasteiger partial charge in [0.1, 0.15) is 0 Å². The van der Waals surface area contributed by atoms with Crippen molar-refractivity contribution >= 4 is 0 Å². The summed E-state index contributed by atoms with van der Waals surface area (Å²) in [6, 6.07) is 0. The van der Waals surface area contributed by atoms with Crippen molar-refractivity contribution < 1.29 is 4.74 Å². The molecule has 0 unspecified atom stereocenters. The van der Waals surface area contributed by atoms with E-state index in [2.05, 4.69) is 13.8 Å². The molecule has 1 nitrogen and oxygen atoms in total. The van der Waals surface area contributed by atoms with Gasteiger partial charge in [0.05, 0.1) is 6.10 Å². The minimum Gasteiger partial charge on any atom is -0.378 e. The first-order valence-electron chi connectivity index (χ1n) is 13.3. The van der Waals surface area contributed by atoms with Crippen LogP contribution in [0.2, 0.25) is 0 Å². The van der Waals surface area contributed by atoms with Crippen molar-refractivity contribution in [1.29, 1.82) is 0 Å². The lowest BCUT2D eigenvalue weighted by Gasteiger charge is -2.39. The Morgan fingerprint density at radius 3 is 1.25 bits per heavy atom. The Hall–Kier alpha value is -0.0400. The van der Waals surface area contributed by atoms with Crippen LogP contribution in [0.4, 0.5) is 0 Å². The van der Waals surface area contributed by atoms with Gasteiger partial charge in [0.15, 0.2) is 0 Å². The van der Waals surface area contributed by atoms with Gasteiger partial charge in [0.25, 0.3) is 0 Å². The predicted molar refractivity (Wildman–Crippen MR) is 119 cm³/mol. The van der Waals surface area contributed by atoms with Crippen molar-refractivity contribution in [2.24, 2.45) is 41.4 Å². The summed E-state index contributed by atoms with van der Waals surface area (Å²) in [6.45, 7) is 5.97. The Balaban J connectivity index is 1.09. The van der Waals surface area contributed by atoms with E-state index in [0.29, 0.717) is 6.10 Å². The number of rotatable bonds is 5. The molecule has 0 heterocycles. The first-order valence-corrected chi connectivity index (χ1v) is 13.3. The molecule has 0 aliphatic heterocycles. The van der Waals surface area contributed by atoms with Gasteiger partial charge in [-0.25, -0.2) is 0 Å². The van der Waals surface area contributed by atoms with Crippen molar-refractivity contribution in [3.8, 4) is 0 Å². The maximum Gasteiger partial charge on any atom is 0.0575 e. The highest BCUT2D eigenvalue weighted by Gasteiger charge is 2.32. The van der Waals surface area contributed by atoms with Gasteiger partial charge in [-0.05, 0) is 118 Å². The Labute approximate surface area is 175 Å². The molecule has 0 aromatic carbocycles. The quantitative estimate of drug-likeness (QED) is 0.463. The third kappa shape index (κ3) is 5.77. The number of ether oxygens (including phenoxy) is 1. The second-order valence-electron chi connectivity index (χ2n) is 11.7. The minimum absolute atomic E-state index is 0.594. The average Bonchev–Trinajstić information content (AvgIpc) is 2.74. The van der Waals surface area contributed by atoms with Crippen LogP contribution in [-0.2, 0) is 4.74 Å². The van der Waals surface area contributed by atoms with Crippen LogP contribution < -0.4 is 0 Å². The summed E-state index contributed by atoms with van der Waals surface area (Å²) >= 11 is 0. The van der Waals surface area contributed by atoms with Gasteiger partial charge in [0.2, 0.25) is 0 Å². The lowest BCUT2D eigenvalue weighted by molar-refractivity contribution is -0.0191. The smallest absolute Gasteiger partial charge is 0.0575 e. The zero-order chi connectivity index (χ0) is 19.3. The summed E-state index contributed by atoms with van der Waals surface area (Å²) in [5.41, 5.74) is 0. The molecule has 4 rings (SSSR count). The van der Waals surface area contributed by atoms with E-state index in [9.17, 15) is 0 Å². The van der Waals surface area contributed by atoms with Crippen molar-refractivity contribution in [1.82, 2.24) is 0 Å². The van der Waals surface area contributed by atoms with E-state index < -0.39 is 0 Å². The van der Waals surface area contributed by atoms with Crippen LogP contribution >= 0.6 is 0 Å². The molecule has 0 saturated heterocycles. The minimum atomic E-state index is 0.594. The topological polar surface area (TPSA) is 9.23 Å². The third-order valence-electron chi connectivity index (χ3n) is 9.63. The molecule has 4 aliphatic rings. The van der Waals surface area contributed by atoms with Crippen LogP contribution in [0, 0.1) is 41.4 Å². The van der Waals surface area contributed by atoms with Crippen LogP contribution in [0.15, 0.2) is 0 Å². The molecule has 4 fully saturated rings. The lowest BCUT2D eigenvalue weighted by Crippen LogP contribution is -2.30. The van der Waals surface area contributed by atoms with Crippen molar-refractivity contribution in [3.63, 3.8) is 0 Å². The van der Waals surface area contributed by atoms with Gasteiger partial charge in [-0.1, -0.05) is 39.5 Å². The summed E-state index contributed by atoms with van der Waals surface area (Å²) in [4.78, 5) is 0. The summed E-state index contributed by atoms with van der Waals surface area (Å²) in [7, 11) is 0. The first kappa shape index (κ1) is 21.2. The van der Waals surface area contributed by atoms with Crippen molar-refractivity contribution in [3.05, 3.63) is 0 Å². The maximum absolute atomic E-state index is 6.47. The van der Waals surface area contributed by atoms with Gasteiger partial charge in [0, 0.05) is 6.61 Å². The molecular formula is C27H48O. The van der Waals surface area contributed by atoms with E-state index in [-0.39, 0.29) is 0 Å². The fraction of sp³-hybridized carbons (Fsp3) is 1.00. The van der Waals surface area contributed by atoms with Gasteiger partial charge in [-0.3, -0.25) is 0 Å². The van der Waals surface area contributed by atoms with E-state index in [1.807, 2.05) is 0 Å². The van der Waals surface area contributed by atoms with Gasteiger partial charge in [-0.2, -0.15) is 0 Å². The van der Waals surface area contributed by atoms with E-state index >= 15 is 0 Å². The van der Waals surface area contributed by atoms with Crippen LogP contribution in [0.25, 0.3) is 0 Å². The van der Waals surface area contributed by atoms with Crippen LogP contribution in [-0.4, -0.2) is 12.7 Å². The standard InChI is InChI=1S/C27H48O/c1-20-3-9-23(10-4-20)25-13-7-22(8-14-25)19-28-27-17-15-26(16-18-27)24-11-5-21(2)6-12-24/h20-27H,3-19H2,1-2H3. The molecule has 4 aliphatic carbocycles. The van der Waals surface area contributed by atoms with E-state index in [1.54, 1.807) is 0 Å². The Kier molecular flexibility index (Phi) is 7.81. The molecule has 0 aromatic rings. The molecule has 1 heteroatoms. The lowest BCUT2D eigenvalue weighted by atomic mass is 9.69. The molecule has 0 N–H and O–H groups in total. The third-order valence-corrected chi connectivity index (χ3v) is 9.63. The van der Waals surface area contributed by atoms with Crippen LogP contribution in [0.1, 0.15) is 117 Å². The van der Waals surface area contributed by atoms with E-state index in [1.165, 1.54) is 103 Å². The number of hydrogen-bond acceptors (Lipinski definition) is 1. The van der Waals surface area contributed by atoms with Crippen LogP contribution in [0.5, 0.6) is 0 Å². The highest BCUT2D eigenvalue weighted by molar-refractivity contribution is 4.83. The molecule has 0 radical (unpaired) electrons. The molecule has 162 valence electrons. The predicted octanol–water partition coefficient (Wildman–Crippen LogP) is 8.02. The first-order chi connectivity index (χ1) is 13.7. The number of hydrogen-bond donors (Lipinski definition) is 0. The Morgan fingerprint density at radius 2 is 0.821 bits per heavy atom. The SMILES string of the molecule is CC1CCC(C2CCC(COC3CCC(C4CCC(C)CC4)CC3)CC2)CC1. The molecular weight excluding hydrogens is 340 g/mol. The fourth-order valence-corrected chi connectivity index (χ4v) is 7.34. The van der Waals surface area contributed by atoms with Crippen LogP contribution in [0.3, 0.4) is 0 Å². The molecule has 4 saturated carbocycles. The highest BCUT2D eigenvalue weighted by atomic mass is 16.5. The molecule has 0 spiro atoms. The molecule has 0 aromatic heterocycles. The monoisotopic (exact) mass is 388 g/mol. The Bertz CT molecular complexity index is 385. The van der Waals surface area contributed by atoms with Crippen molar-refractivity contribution in [2.45, 2.75) is 123 Å². The van der Waals surface area contributed by atoms with Crippen molar-refractivity contribution in [2.75, 3.05) is 6.61 Å². The molecule has 28 heavy (non-hydrogen) atoms.